The van der Waals surface area contributed by atoms with Crippen LogP contribution in [0.3, 0.4) is 0 Å². The summed E-state index contributed by atoms with van der Waals surface area (Å²) in [6.45, 7) is 3.23. The molecule has 3 heterocycles. The van der Waals surface area contributed by atoms with E-state index in [1.807, 2.05) is 43.3 Å². The van der Waals surface area contributed by atoms with Crippen LogP contribution in [-0.2, 0) is 22.6 Å². The van der Waals surface area contributed by atoms with Crippen molar-refractivity contribution in [2.24, 2.45) is 0 Å². The van der Waals surface area contributed by atoms with E-state index in [2.05, 4.69) is 9.97 Å². The Morgan fingerprint density at radius 1 is 1.29 bits per heavy atom. The number of ether oxygens (including phenoxy) is 1. The number of amides is 1. The lowest BCUT2D eigenvalue weighted by molar-refractivity contribution is -0.142. The van der Waals surface area contributed by atoms with Gasteiger partial charge in [0.2, 0.25) is 0 Å². The van der Waals surface area contributed by atoms with Crippen molar-refractivity contribution in [2.45, 2.75) is 39.0 Å². The Morgan fingerprint density at radius 2 is 2.18 bits per heavy atom. The molecular weight excluding hydrogens is 354 g/mol. The average molecular weight is 377 g/mol. The number of H-pyrrole nitrogens is 1. The quantitative estimate of drug-likeness (QED) is 0.742. The maximum Gasteiger partial charge on any atom is 0.253 e. The zero-order valence-corrected chi connectivity index (χ0v) is 15.9. The molecule has 1 unspecified atom stereocenters. The van der Waals surface area contributed by atoms with E-state index in [1.54, 1.807) is 17.3 Å². The number of benzene rings is 1. The highest BCUT2D eigenvalue weighted by atomic mass is 16.5. The number of aromatic nitrogens is 2. The highest BCUT2D eigenvalue weighted by Crippen LogP contribution is 2.19. The minimum absolute atomic E-state index is 0.0786. The van der Waals surface area contributed by atoms with Crippen LogP contribution in [0.4, 0.5) is 0 Å². The first-order valence-electron chi connectivity index (χ1n) is 9.52. The van der Waals surface area contributed by atoms with Gasteiger partial charge >= 0.3 is 0 Å². The Hall–Kier alpha value is -2.99. The van der Waals surface area contributed by atoms with E-state index in [9.17, 15) is 9.59 Å². The van der Waals surface area contributed by atoms with Crippen LogP contribution in [0.5, 0.6) is 0 Å². The molecule has 0 aliphatic carbocycles. The van der Waals surface area contributed by atoms with Gasteiger partial charge in [-0.05, 0) is 55.0 Å². The van der Waals surface area contributed by atoms with Gasteiger partial charge in [-0.2, -0.15) is 0 Å². The fraction of sp³-hybridized carbons (Fsp3) is 0.318. The zero-order valence-electron chi connectivity index (χ0n) is 15.9. The van der Waals surface area contributed by atoms with E-state index in [4.69, 9.17) is 4.74 Å². The van der Waals surface area contributed by atoms with Crippen LogP contribution in [0.2, 0.25) is 0 Å². The largest absolute Gasteiger partial charge is 0.368 e. The third kappa shape index (κ3) is 3.97. The summed E-state index contributed by atoms with van der Waals surface area (Å²) in [4.78, 5) is 34.4. The van der Waals surface area contributed by atoms with Gasteiger partial charge in [0.1, 0.15) is 6.10 Å². The van der Waals surface area contributed by atoms with Crippen molar-refractivity contribution in [3.05, 3.63) is 75.8 Å². The lowest BCUT2D eigenvalue weighted by Gasteiger charge is -2.25. The maximum absolute atomic E-state index is 13.1. The van der Waals surface area contributed by atoms with Gasteiger partial charge in [-0.3, -0.25) is 14.6 Å². The molecule has 1 amide bonds. The highest BCUT2D eigenvalue weighted by molar-refractivity contribution is 5.82. The van der Waals surface area contributed by atoms with E-state index < -0.39 is 6.10 Å². The van der Waals surface area contributed by atoms with Crippen LogP contribution in [0, 0.1) is 6.92 Å². The average Bonchev–Trinajstić information content (AvgIpc) is 3.23. The number of carbonyl (C=O) groups excluding carboxylic acids is 1. The predicted octanol–water partition coefficient (Wildman–Crippen LogP) is 2.94. The van der Waals surface area contributed by atoms with E-state index in [0.717, 1.165) is 34.9 Å². The van der Waals surface area contributed by atoms with Crippen molar-refractivity contribution < 1.29 is 9.53 Å². The van der Waals surface area contributed by atoms with Gasteiger partial charge in [0, 0.05) is 36.6 Å². The van der Waals surface area contributed by atoms with Crippen molar-refractivity contribution in [1.82, 2.24) is 14.9 Å². The fourth-order valence-electron chi connectivity index (χ4n) is 3.59. The van der Waals surface area contributed by atoms with Crippen LogP contribution in [0.1, 0.15) is 29.5 Å². The van der Waals surface area contributed by atoms with Crippen molar-refractivity contribution in [1.29, 1.82) is 0 Å². The van der Waals surface area contributed by atoms with Gasteiger partial charge in [-0.15, -0.1) is 0 Å². The highest BCUT2D eigenvalue weighted by Gasteiger charge is 2.29. The third-order valence-corrected chi connectivity index (χ3v) is 5.05. The van der Waals surface area contributed by atoms with Crippen molar-refractivity contribution >= 4 is 16.8 Å². The normalized spacial score (nSPS) is 16.4. The molecule has 0 radical (unpaired) electrons. The minimum atomic E-state index is -0.432. The third-order valence-electron chi connectivity index (χ3n) is 5.05. The summed E-state index contributed by atoms with van der Waals surface area (Å²) in [5.41, 5.74) is 3.22. The van der Waals surface area contributed by atoms with Crippen LogP contribution in [-0.4, -0.2) is 33.5 Å². The molecule has 2 aromatic heterocycles. The molecule has 1 aromatic carbocycles. The van der Waals surface area contributed by atoms with Gasteiger partial charge in [0.25, 0.3) is 11.5 Å². The number of pyridine rings is 2. The molecule has 1 atom stereocenters. The van der Waals surface area contributed by atoms with E-state index in [1.165, 1.54) is 0 Å². The summed E-state index contributed by atoms with van der Waals surface area (Å²) >= 11 is 0. The standard InChI is InChI=1S/C22H23N3O3/c1-15-6-7-19-17(10-15)11-18(21(26)24-19)14-25(13-16-4-2-8-23-12-16)22(27)20-5-3-9-28-20/h2,4,6-8,10-12,20H,3,5,9,13-14H2,1H3,(H,24,26). The zero-order chi connectivity index (χ0) is 19.5. The van der Waals surface area contributed by atoms with Crippen molar-refractivity contribution in [3.8, 4) is 0 Å². The minimum Gasteiger partial charge on any atom is -0.368 e. The maximum atomic E-state index is 13.1. The van der Waals surface area contributed by atoms with Crippen molar-refractivity contribution in [2.75, 3.05) is 6.61 Å². The Morgan fingerprint density at radius 3 is 2.93 bits per heavy atom. The van der Waals surface area contributed by atoms with Crippen LogP contribution in [0.25, 0.3) is 10.9 Å². The topological polar surface area (TPSA) is 75.3 Å². The molecule has 0 saturated carbocycles. The SMILES string of the molecule is Cc1ccc2[nH]c(=O)c(CN(Cc3cccnc3)C(=O)C3CCCO3)cc2c1. The predicted molar refractivity (Wildman–Crippen MR) is 107 cm³/mol. The number of hydrogen-bond donors (Lipinski definition) is 1. The summed E-state index contributed by atoms with van der Waals surface area (Å²) in [5.74, 6) is -0.0786. The van der Waals surface area contributed by atoms with E-state index in [0.29, 0.717) is 18.7 Å². The smallest absolute Gasteiger partial charge is 0.253 e. The summed E-state index contributed by atoms with van der Waals surface area (Å²) in [6, 6.07) is 11.5. The Labute approximate surface area is 163 Å². The van der Waals surface area contributed by atoms with E-state index in [-0.39, 0.29) is 18.0 Å². The first-order chi connectivity index (χ1) is 13.6. The monoisotopic (exact) mass is 377 g/mol. The fourth-order valence-corrected chi connectivity index (χ4v) is 3.59. The molecule has 6 heteroatoms. The number of aryl methyl sites for hydroxylation is 1. The number of rotatable bonds is 5. The second-order valence-corrected chi connectivity index (χ2v) is 7.27. The second-order valence-electron chi connectivity index (χ2n) is 7.27. The van der Waals surface area contributed by atoms with Crippen molar-refractivity contribution in [3.63, 3.8) is 0 Å². The first kappa shape index (κ1) is 18.4. The molecule has 3 aromatic rings. The molecule has 1 aliphatic rings. The van der Waals surface area contributed by atoms with E-state index >= 15 is 0 Å². The second kappa shape index (κ2) is 7.94. The lowest BCUT2D eigenvalue weighted by atomic mass is 10.1. The number of aromatic amines is 1. The molecule has 144 valence electrons. The first-order valence-corrected chi connectivity index (χ1v) is 9.52. The number of carbonyl (C=O) groups is 1. The Bertz CT molecular complexity index is 1040. The molecule has 0 spiro atoms. The van der Waals surface area contributed by atoms with Gasteiger partial charge < -0.3 is 14.6 Å². The van der Waals surface area contributed by atoms with Gasteiger partial charge in [-0.1, -0.05) is 17.7 Å². The van der Waals surface area contributed by atoms with Gasteiger partial charge in [0.15, 0.2) is 0 Å². The Balaban J connectivity index is 1.66. The summed E-state index contributed by atoms with van der Waals surface area (Å²) < 4.78 is 5.59. The van der Waals surface area contributed by atoms with Gasteiger partial charge in [-0.25, -0.2) is 0 Å². The molecule has 1 saturated heterocycles. The summed E-state index contributed by atoms with van der Waals surface area (Å²) in [5, 5.41) is 0.959. The van der Waals surface area contributed by atoms with Crippen LogP contribution in [0.15, 0.2) is 53.6 Å². The number of fused-ring (bicyclic) bond motifs is 1. The molecule has 1 N–H and O–H groups in total. The lowest BCUT2D eigenvalue weighted by Crippen LogP contribution is -2.39. The molecule has 6 nitrogen and oxygen atoms in total. The molecule has 28 heavy (non-hydrogen) atoms. The van der Waals surface area contributed by atoms with Crippen LogP contribution < -0.4 is 5.56 Å². The van der Waals surface area contributed by atoms with Crippen LogP contribution >= 0.6 is 0 Å². The number of nitrogens with zero attached hydrogens (tertiary/aromatic N) is 2. The molecule has 1 aliphatic heterocycles. The molecule has 4 rings (SSSR count). The number of hydrogen-bond acceptors (Lipinski definition) is 4. The Kier molecular flexibility index (Phi) is 5.21. The molecule has 1 fully saturated rings. The summed E-state index contributed by atoms with van der Waals surface area (Å²) in [7, 11) is 0. The summed E-state index contributed by atoms with van der Waals surface area (Å²) in [6.07, 6.45) is 4.61. The number of nitrogens with one attached hydrogen (secondary N) is 1. The molecule has 0 bridgehead atoms. The molecular formula is C22H23N3O3. The van der Waals surface area contributed by atoms with Gasteiger partial charge in [0.05, 0.1) is 6.54 Å².